The zero-order chi connectivity index (χ0) is 14.5. The van der Waals surface area contributed by atoms with Gasteiger partial charge in [-0.1, -0.05) is 0 Å². The molecule has 20 heavy (non-hydrogen) atoms. The molecule has 1 heterocycles. The normalized spacial score (nSPS) is 12.0. The number of nitrogens with zero attached hydrogens (tertiary/aromatic N) is 1. The van der Waals surface area contributed by atoms with Crippen molar-refractivity contribution in [1.82, 2.24) is 4.98 Å². The first-order chi connectivity index (χ1) is 9.65. The largest absolute Gasteiger partial charge is 0.497 e. The summed E-state index contributed by atoms with van der Waals surface area (Å²) in [4.78, 5) is 3.98. The molecule has 1 unspecified atom stereocenters. The van der Waals surface area contributed by atoms with Gasteiger partial charge in [-0.2, -0.15) is 0 Å². The van der Waals surface area contributed by atoms with E-state index in [1.165, 1.54) is 25.4 Å². The maximum absolute atomic E-state index is 13.9. The van der Waals surface area contributed by atoms with Gasteiger partial charge in [-0.15, -0.1) is 0 Å². The van der Waals surface area contributed by atoms with Crippen LogP contribution in [0.15, 0.2) is 36.7 Å². The van der Waals surface area contributed by atoms with E-state index in [1.807, 2.05) is 6.92 Å². The van der Waals surface area contributed by atoms with Crippen molar-refractivity contribution >= 4 is 0 Å². The molecule has 2 rings (SSSR count). The van der Waals surface area contributed by atoms with Gasteiger partial charge in [0.25, 0.3) is 0 Å². The Balaban J connectivity index is 2.30. The van der Waals surface area contributed by atoms with Crippen LogP contribution in [0.5, 0.6) is 11.5 Å². The summed E-state index contributed by atoms with van der Waals surface area (Å²) in [5.74, 6) is 0.413. The maximum atomic E-state index is 13.9. The van der Waals surface area contributed by atoms with Crippen molar-refractivity contribution in [2.24, 2.45) is 0 Å². The van der Waals surface area contributed by atoms with E-state index < -0.39 is 11.9 Å². The Kier molecular flexibility index (Phi) is 4.53. The fraction of sp³-hybridized carbons (Fsp3) is 0.267. The molecular weight excluding hydrogens is 261 g/mol. The molecule has 0 saturated carbocycles. The van der Waals surface area contributed by atoms with Crippen LogP contribution in [-0.4, -0.2) is 23.8 Å². The smallest absolute Gasteiger partial charge is 0.137 e. The van der Waals surface area contributed by atoms with E-state index >= 15 is 0 Å². The first-order valence-corrected chi connectivity index (χ1v) is 6.25. The molecule has 0 aliphatic heterocycles. The molecule has 0 amide bonds. The third-order valence-electron chi connectivity index (χ3n) is 2.86. The fourth-order valence-corrected chi connectivity index (χ4v) is 1.87. The Morgan fingerprint density at radius 2 is 2.05 bits per heavy atom. The summed E-state index contributed by atoms with van der Waals surface area (Å²) in [6, 6.07) is 5.97. The number of benzene rings is 1. The highest BCUT2D eigenvalue weighted by atomic mass is 19.1. The minimum absolute atomic E-state index is 0.168. The van der Waals surface area contributed by atoms with Gasteiger partial charge in [-0.3, -0.25) is 4.98 Å². The van der Waals surface area contributed by atoms with Gasteiger partial charge in [0.1, 0.15) is 23.4 Å². The Labute approximate surface area is 116 Å². The van der Waals surface area contributed by atoms with Crippen LogP contribution in [0, 0.1) is 5.82 Å². The Morgan fingerprint density at radius 1 is 1.25 bits per heavy atom. The topological polar surface area (TPSA) is 51.6 Å². The van der Waals surface area contributed by atoms with Crippen molar-refractivity contribution in [3.63, 3.8) is 0 Å². The molecule has 0 saturated heterocycles. The van der Waals surface area contributed by atoms with Crippen LogP contribution in [0.4, 0.5) is 4.39 Å². The molecule has 5 heteroatoms. The second-order valence-electron chi connectivity index (χ2n) is 4.18. The van der Waals surface area contributed by atoms with Crippen LogP contribution in [-0.2, 0) is 0 Å². The molecule has 0 radical (unpaired) electrons. The number of aliphatic hydroxyl groups excluding tert-OH is 1. The first kappa shape index (κ1) is 14.3. The van der Waals surface area contributed by atoms with E-state index in [9.17, 15) is 9.50 Å². The van der Waals surface area contributed by atoms with Crippen molar-refractivity contribution in [3.05, 3.63) is 53.6 Å². The summed E-state index contributed by atoms with van der Waals surface area (Å²) in [6.07, 6.45) is 1.93. The molecule has 1 atom stereocenters. The van der Waals surface area contributed by atoms with Gasteiger partial charge >= 0.3 is 0 Å². The molecule has 106 valence electrons. The highest BCUT2D eigenvalue weighted by Crippen LogP contribution is 2.28. The van der Waals surface area contributed by atoms with Crippen LogP contribution in [0.3, 0.4) is 0 Å². The Bertz CT molecular complexity index is 589. The molecule has 0 aliphatic carbocycles. The molecule has 0 bridgehead atoms. The second kappa shape index (κ2) is 6.34. The van der Waals surface area contributed by atoms with Gasteiger partial charge in [0.2, 0.25) is 0 Å². The number of aromatic nitrogens is 1. The SMILES string of the molecule is CCOc1cncc(C(O)c2ccc(OC)cc2F)c1. The van der Waals surface area contributed by atoms with Gasteiger partial charge in [0.15, 0.2) is 0 Å². The lowest BCUT2D eigenvalue weighted by atomic mass is 10.0. The summed E-state index contributed by atoms with van der Waals surface area (Å²) in [6.45, 7) is 2.35. The van der Waals surface area contributed by atoms with Crippen LogP contribution < -0.4 is 9.47 Å². The van der Waals surface area contributed by atoms with Crippen LogP contribution in [0.1, 0.15) is 24.2 Å². The van der Waals surface area contributed by atoms with E-state index in [0.29, 0.717) is 23.7 Å². The standard InChI is InChI=1S/C15H16FNO3/c1-3-20-12-6-10(8-17-9-12)15(18)13-5-4-11(19-2)7-14(13)16/h4-9,15,18H,3H2,1-2H3. The number of hydrogen-bond acceptors (Lipinski definition) is 4. The number of aliphatic hydroxyl groups is 1. The lowest BCUT2D eigenvalue weighted by Gasteiger charge is -2.14. The average molecular weight is 277 g/mol. The number of pyridine rings is 1. The molecule has 1 N–H and O–H groups in total. The van der Waals surface area contributed by atoms with E-state index in [2.05, 4.69) is 4.98 Å². The molecule has 0 fully saturated rings. The third kappa shape index (κ3) is 3.05. The lowest BCUT2D eigenvalue weighted by molar-refractivity contribution is 0.213. The Morgan fingerprint density at radius 3 is 2.70 bits per heavy atom. The van der Waals surface area contributed by atoms with Gasteiger partial charge in [-0.05, 0) is 25.1 Å². The summed E-state index contributed by atoms with van der Waals surface area (Å²) in [7, 11) is 1.46. The molecule has 0 aliphatic rings. The minimum Gasteiger partial charge on any atom is -0.497 e. The van der Waals surface area contributed by atoms with Crippen molar-refractivity contribution < 1.29 is 19.0 Å². The molecule has 4 nitrogen and oxygen atoms in total. The van der Waals surface area contributed by atoms with Crippen molar-refractivity contribution in [3.8, 4) is 11.5 Å². The second-order valence-corrected chi connectivity index (χ2v) is 4.18. The molecular formula is C15H16FNO3. The highest BCUT2D eigenvalue weighted by molar-refractivity contribution is 5.36. The zero-order valence-corrected chi connectivity index (χ0v) is 11.3. The van der Waals surface area contributed by atoms with Crippen LogP contribution in [0.2, 0.25) is 0 Å². The quantitative estimate of drug-likeness (QED) is 0.913. The van der Waals surface area contributed by atoms with Crippen LogP contribution >= 0.6 is 0 Å². The maximum Gasteiger partial charge on any atom is 0.137 e. The first-order valence-electron chi connectivity index (χ1n) is 6.25. The van der Waals surface area contributed by atoms with Crippen molar-refractivity contribution in [1.29, 1.82) is 0 Å². The summed E-state index contributed by atoms with van der Waals surface area (Å²) in [5, 5.41) is 10.3. The van der Waals surface area contributed by atoms with Gasteiger partial charge in [-0.25, -0.2) is 4.39 Å². The van der Waals surface area contributed by atoms with Crippen LogP contribution in [0.25, 0.3) is 0 Å². The number of halogens is 1. The van der Waals surface area contributed by atoms with Gasteiger partial charge in [0.05, 0.1) is 19.9 Å². The summed E-state index contributed by atoms with van der Waals surface area (Å²) < 4.78 is 24.2. The third-order valence-corrected chi connectivity index (χ3v) is 2.86. The predicted molar refractivity (Wildman–Crippen MR) is 72.4 cm³/mol. The number of hydrogen-bond donors (Lipinski definition) is 1. The van der Waals surface area contributed by atoms with Crippen molar-refractivity contribution in [2.75, 3.05) is 13.7 Å². The average Bonchev–Trinajstić information content (AvgIpc) is 2.47. The summed E-state index contributed by atoms with van der Waals surface area (Å²) in [5.41, 5.74) is 0.640. The van der Waals surface area contributed by atoms with E-state index in [0.717, 1.165) is 0 Å². The zero-order valence-electron chi connectivity index (χ0n) is 11.3. The number of ether oxygens (including phenoxy) is 2. The number of rotatable bonds is 5. The van der Waals surface area contributed by atoms with E-state index in [4.69, 9.17) is 9.47 Å². The van der Waals surface area contributed by atoms with E-state index in [1.54, 1.807) is 18.3 Å². The van der Waals surface area contributed by atoms with E-state index in [-0.39, 0.29) is 5.56 Å². The Hall–Kier alpha value is -2.14. The highest BCUT2D eigenvalue weighted by Gasteiger charge is 2.16. The van der Waals surface area contributed by atoms with Gasteiger partial charge in [0, 0.05) is 23.4 Å². The molecule has 2 aromatic rings. The lowest BCUT2D eigenvalue weighted by Crippen LogP contribution is -2.04. The minimum atomic E-state index is -1.10. The van der Waals surface area contributed by atoms with Crippen molar-refractivity contribution in [2.45, 2.75) is 13.0 Å². The monoisotopic (exact) mass is 277 g/mol. The summed E-state index contributed by atoms with van der Waals surface area (Å²) >= 11 is 0. The molecule has 1 aromatic heterocycles. The fourth-order valence-electron chi connectivity index (χ4n) is 1.87. The van der Waals surface area contributed by atoms with Gasteiger partial charge < -0.3 is 14.6 Å². The molecule has 1 aromatic carbocycles. The predicted octanol–water partition coefficient (Wildman–Crippen LogP) is 2.71. The molecule has 0 spiro atoms. The number of methoxy groups -OCH3 is 1.